The van der Waals surface area contributed by atoms with Gasteiger partial charge in [-0.1, -0.05) is 27.7 Å². The second-order valence-electron chi connectivity index (χ2n) is 6.23. The van der Waals surface area contributed by atoms with Gasteiger partial charge in [-0.05, 0) is 24.7 Å². The van der Waals surface area contributed by atoms with Gasteiger partial charge in [-0.3, -0.25) is 9.48 Å². The maximum atomic E-state index is 12.7. The van der Waals surface area contributed by atoms with E-state index in [-0.39, 0.29) is 5.91 Å². The fourth-order valence-electron chi connectivity index (χ4n) is 2.01. The molecule has 1 heterocycles. The predicted octanol–water partition coefficient (Wildman–Crippen LogP) is 2.54. The van der Waals surface area contributed by atoms with Crippen LogP contribution in [0.2, 0.25) is 0 Å². The van der Waals surface area contributed by atoms with Crippen LogP contribution in [0, 0.1) is 11.8 Å². The van der Waals surface area contributed by atoms with Crippen LogP contribution in [-0.4, -0.2) is 33.7 Å². The van der Waals surface area contributed by atoms with Crippen LogP contribution >= 0.6 is 0 Å². The summed E-state index contributed by atoms with van der Waals surface area (Å²) >= 11 is 0. The van der Waals surface area contributed by atoms with E-state index in [0.717, 1.165) is 25.9 Å². The van der Waals surface area contributed by atoms with Crippen molar-refractivity contribution in [3.8, 4) is 0 Å². The number of aryl methyl sites for hydroxylation is 1. The van der Waals surface area contributed by atoms with Crippen molar-refractivity contribution in [2.24, 2.45) is 18.9 Å². The number of aromatic nitrogens is 2. The number of nitrogen functional groups attached to an aromatic ring is 1. The first-order chi connectivity index (χ1) is 9.32. The number of amides is 1. The summed E-state index contributed by atoms with van der Waals surface area (Å²) in [4.78, 5) is 14.6. The van der Waals surface area contributed by atoms with Gasteiger partial charge < -0.3 is 10.6 Å². The molecule has 0 fully saturated rings. The Balaban J connectivity index is 2.82. The van der Waals surface area contributed by atoms with Gasteiger partial charge in [0.05, 0.1) is 11.9 Å². The zero-order chi connectivity index (χ0) is 15.3. The molecule has 5 nitrogen and oxygen atoms in total. The van der Waals surface area contributed by atoms with Crippen LogP contribution in [0.3, 0.4) is 0 Å². The summed E-state index contributed by atoms with van der Waals surface area (Å²) in [6, 6.07) is 0. The zero-order valence-corrected chi connectivity index (χ0v) is 13.4. The maximum Gasteiger partial charge on any atom is 0.274 e. The summed E-state index contributed by atoms with van der Waals surface area (Å²) < 4.78 is 1.56. The van der Waals surface area contributed by atoms with Crippen molar-refractivity contribution in [2.45, 2.75) is 40.5 Å². The first kappa shape index (κ1) is 16.5. The van der Waals surface area contributed by atoms with Crippen LogP contribution in [0.15, 0.2) is 6.20 Å². The van der Waals surface area contributed by atoms with Crippen molar-refractivity contribution >= 4 is 11.6 Å². The van der Waals surface area contributed by atoms with Crippen LogP contribution in [0.1, 0.15) is 51.0 Å². The molecule has 0 aromatic carbocycles. The molecule has 1 amide bonds. The Morgan fingerprint density at radius 2 is 1.75 bits per heavy atom. The second-order valence-corrected chi connectivity index (χ2v) is 6.23. The van der Waals surface area contributed by atoms with E-state index in [1.165, 1.54) is 6.20 Å². The Morgan fingerprint density at radius 1 is 1.25 bits per heavy atom. The molecule has 0 aliphatic heterocycles. The quantitative estimate of drug-likeness (QED) is 0.834. The Morgan fingerprint density at radius 3 is 2.10 bits per heavy atom. The fraction of sp³-hybridized carbons (Fsp3) is 0.733. The van der Waals surface area contributed by atoms with Crippen molar-refractivity contribution in [2.75, 3.05) is 18.8 Å². The highest BCUT2D eigenvalue weighted by Gasteiger charge is 2.21. The van der Waals surface area contributed by atoms with Gasteiger partial charge in [0.15, 0.2) is 0 Å². The summed E-state index contributed by atoms with van der Waals surface area (Å²) in [5, 5.41) is 4.05. The number of anilines is 1. The Kier molecular flexibility index (Phi) is 6.05. The number of carbonyl (C=O) groups is 1. The SMILES string of the molecule is CC(C)CCN(CCC(C)C)C(=O)c1c(N)cnn1C. The maximum absolute atomic E-state index is 12.7. The molecule has 0 aliphatic carbocycles. The number of hydrogen-bond acceptors (Lipinski definition) is 3. The van der Waals surface area contributed by atoms with E-state index in [1.807, 2.05) is 4.90 Å². The highest BCUT2D eigenvalue weighted by atomic mass is 16.2. The molecule has 2 N–H and O–H groups in total. The molecule has 0 bridgehead atoms. The normalized spacial score (nSPS) is 11.3. The molecular weight excluding hydrogens is 252 g/mol. The molecule has 1 aromatic heterocycles. The van der Waals surface area contributed by atoms with E-state index in [9.17, 15) is 4.79 Å². The molecule has 0 atom stereocenters. The van der Waals surface area contributed by atoms with Gasteiger partial charge in [0.1, 0.15) is 5.69 Å². The molecule has 5 heteroatoms. The van der Waals surface area contributed by atoms with Crippen molar-refractivity contribution in [1.82, 2.24) is 14.7 Å². The van der Waals surface area contributed by atoms with Crippen molar-refractivity contribution < 1.29 is 4.79 Å². The molecule has 1 rings (SSSR count). The first-order valence-electron chi connectivity index (χ1n) is 7.39. The minimum atomic E-state index is -0.0104. The van der Waals surface area contributed by atoms with E-state index >= 15 is 0 Å². The van der Waals surface area contributed by atoms with Crippen molar-refractivity contribution in [3.05, 3.63) is 11.9 Å². The topological polar surface area (TPSA) is 64.2 Å². The molecule has 0 unspecified atom stereocenters. The Labute approximate surface area is 122 Å². The monoisotopic (exact) mass is 280 g/mol. The third kappa shape index (κ3) is 4.54. The number of rotatable bonds is 7. The second kappa shape index (κ2) is 7.31. The van der Waals surface area contributed by atoms with Gasteiger partial charge >= 0.3 is 0 Å². The Bertz CT molecular complexity index is 406. The molecular formula is C15H28N4O. The number of nitrogens with two attached hydrogens (primary N) is 1. The largest absolute Gasteiger partial charge is 0.396 e. The van der Waals surface area contributed by atoms with Gasteiger partial charge in [-0.25, -0.2) is 0 Å². The molecule has 0 aliphatic rings. The third-order valence-electron chi connectivity index (χ3n) is 3.41. The van der Waals surface area contributed by atoms with Crippen LogP contribution < -0.4 is 5.73 Å². The minimum absolute atomic E-state index is 0.0104. The standard InChI is InChI=1S/C15H28N4O/c1-11(2)6-8-19(9-7-12(3)4)15(20)14-13(16)10-17-18(14)5/h10-12H,6-9,16H2,1-5H3. The van der Waals surface area contributed by atoms with Gasteiger partial charge in [-0.2, -0.15) is 5.10 Å². The lowest BCUT2D eigenvalue weighted by molar-refractivity contribution is 0.0731. The summed E-state index contributed by atoms with van der Waals surface area (Å²) in [6.45, 7) is 10.2. The minimum Gasteiger partial charge on any atom is -0.396 e. The van der Waals surface area contributed by atoms with Crippen LogP contribution in [0.5, 0.6) is 0 Å². The predicted molar refractivity (Wildman–Crippen MR) is 82.4 cm³/mol. The lowest BCUT2D eigenvalue weighted by Crippen LogP contribution is -2.35. The smallest absolute Gasteiger partial charge is 0.274 e. The van der Waals surface area contributed by atoms with Crippen LogP contribution in [0.4, 0.5) is 5.69 Å². The van der Waals surface area contributed by atoms with E-state index in [2.05, 4.69) is 32.8 Å². The van der Waals surface area contributed by atoms with Crippen molar-refractivity contribution in [3.63, 3.8) is 0 Å². The molecule has 1 aromatic rings. The van der Waals surface area contributed by atoms with Crippen molar-refractivity contribution in [1.29, 1.82) is 0 Å². The third-order valence-corrected chi connectivity index (χ3v) is 3.41. The van der Waals surface area contributed by atoms with Gasteiger partial charge in [0.25, 0.3) is 5.91 Å². The highest BCUT2D eigenvalue weighted by Crippen LogP contribution is 2.15. The fourth-order valence-corrected chi connectivity index (χ4v) is 2.01. The molecule has 0 saturated carbocycles. The molecule has 0 spiro atoms. The molecule has 114 valence electrons. The van der Waals surface area contributed by atoms with E-state index in [0.29, 0.717) is 23.2 Å². The van der Waals surface area contributed by atoms with E-state index in [1.54, 1.807) is 11.7 Å². The van der Waals surface area contributed by atoms with Crippen LogP contribution in [0.25, 0.3) is 0 Å². The summed E-state index contributed by atoms with van der Waals surface area (Å²) in [5.41, 5.74) is 6.81. The lowest BCUT2D eigenvalue weighted by Gasteiger charge is -2.24. The van der Waals surface area contributed by atoms with E-state index in [4.69, 9.17) is 5.73 Å². The highest BCUT2D eigenvalue weighted by molar-refractivity contribution is 5.97. The van der Waals surface area contributed by atoms with Gasteiger partial charge in [0.2, 0.25) is 0 Å². The average molecular weight is 280 g/mol. The molecule has 0 saturated heterocycles. The average Bonchev–Trinajstić information content (AvgIpc) is 2.67. The number of hydrogen-bond donors (Lipinski definition) is 1. The Hall–Kier alpha value is -1.52. The van der Waals surface area contributed by atoms with Gasteiger partial charge in [-0.15, -0.1) is 0 Å². The summed E-state index contributed by atoms with van der Waals surface area (Å²) in [7, 11) is 1.76. The molecule has 0 radical (unpaired) electrons. The van der Waals surface area contributed by atoms with E-state index < -0.39 is 0 Å². The summed E-state index contributed by atoms with van der Waals surface area (Å²) in [6.07, 6.45) is 3.54. The number of nitrogens with zero attached hydrogens (tertiary/aromatic N) is 3. The molecule has 20 heavy (non-hydrogen) atoms. The van der Waals surface area contributed by atoms with Gasteiger partial charge in [0, 0.05) is 20.1 Å². The van der Waals surface area contributed by atoms with Crippen LogP contribution in [-0.2, 0) is 7.05 Å². The first-order valence-corrected chi connectivity index (χ1v) is 7.39. The lowest BCUT2D eigenvalue weighted by atomic mass is 10.1. The summed E-state index contributed by atoms with van der Waals surface area (Å²) in [5.74, 6) is 1.14. The number of carbonyl (C=O) groups excluding carboxylic acids is 1. The zero-order valence-electron chi connectivity index (χ0n) is 13.4.